The summed E-state index contributed by atoms with van der Waals surface area (Å²) in [5.74, 6) is 0.157. The van der Waals surface area contributed by atoms with Gasteiger partial charge in [0.25, 0.3) is 0 Å². The predicted molar refractivity (Wildman–Crippen MR) is 72.8 cm³/mol. The van der Waals surface area contributed by atoms with Crippen LogP contribution in [0.3, 0.4) is 0 Å². The van der Waals surface area contributed by atoms with E-state index in [1.807, 2.05) is 24.7 Å². The van der Waals surface area contributed by atoms with Gasteiger partial charge in [-0.15, -0.1) is 0 Å². The molecule has 1 aliphatic heterocycles. The smallest absolute Gasteiger partial charge is 0.224 e. The number of nitrogens with zero attached hydrogens (tertiary/aromatic N) is 3. The molecule has 1 atom stereocenters. The van der Waals surface area contributed by atoms with Crippen LogP contribution in [0.4, 0.5) is 0 Å². The maximum absolute atomic E-state index is 12.1. The highest BCUT2D eigenvalue weighted by atomic mass is 16.5. The highest BCUT2D eigenvalue weighted by Crippen LogP contribution is 2.13. The van der Waals surface area contributed by atoms with Crippen molar-refractivity contribution in [1.29, 1.82) is 0 Å². The Kier molecular flexibility index (Phi) is 4.96. The maximum atomic E-state index is 12.1. The Morgan fingerprint density at radius 1 is 1.58 bits per heavy atom. The molecule has 0 saturated carbocycles. The zero-order chi connectivity index (χ0) is 13.7. The Bertz CT molecular complexity index is 411. The minimum absolute atomic E-state index is 0.157. The van der Waals surface area contributed by atoms with Crippen molar-refractivity contribution in [2.75, 3.05) is 20.2 Å². The van der Waals surface area contributed by atoms with Crippen LogP contribution in [0.25, 0.3) is 0 Å². The SMILES string of the molecule is Cc1ccnn1CCC(=O)N(C)CC1CCCCO1. The number of likely N-dealkylation sites (N-methyl/N-ethyl adjacent to an activating group) is 1. The molecule has 19 heavy (non-hydrogen) atoms. The van der Waals surface area contributed by atoms with E-state index in [-0.39, 0.29) is 12.0 Å². The molecule has 0 N–H and O–H groups in total. The number of carbonyl (C=O) groups is 1. The molecule has 0 spiro atoms. The van der Waals surface area contributed by atoms with Crippen LogP contribution in [-0.4, -0.2) is 46.9 Å². The summed E-state index contributed by atoms with van der Waals surface area (Å²) in [5, 5.41) is 4.18. The van der Waals surface area contributed by atoms with E-state index >= 15 is 0 Å². The van der Waals surface area contributed by atoms with Crippen LogP contribution in [0.1, 0.15) is 31.4 Å². The summed E-state index contributed by atoms with van der Waals surface area (Å²) in [4.78, 5) is 13.8. The zero-order valence-corrected chi connectivity index (χ0v) is 11.8. The van der Waals surface area contributed by atoms with Gasteiger partial charge in [0.05, 0.1) is 6.10 Å². The van der Waals surface area contributed by atoms with E-state index in [9.17, 15) is 4.79 Å². The summed E-state index contributed by atoms with van der Waals surface area (Å²) < 4.78 is 7.52. The fourth-order valence-electron chi connectivity index (χ4n) is 2.38. The fourth-order valence-corrected chi connectivity index (χ4v) is 2.38. The second-order valence-electron chi connectivity index (χ2n) is 5.21. The van der Waals surface area contributed by atoms with Crippen LogP contribution in [0.5, 0.6) is 0 Å². The molecule has 0 radical (unpaired) electrons. The summed E-state index contributed by atoms with van der Waals surface area (Å²) in [6, 6.07) is 1.95. The van der Waals surface area contributed by atoms with Crippen LogP contribution in [-0.2, 0) is 16.1 Å². The molecule has 1 aromatic rings. The molecule has 106 valence electrons. The van der Waals surface area contributed by atoms with Gasteiger partial charge in [0.1, 0.15) is 0 Å². The Morgan fingerprint density at radius 2 is 2.42 bits per heavy atom. The molecule has 0 bridgehead atoms. The van der Waals surface area contributed by atoms with Gasteiger partial charge in [-0.3, -0.25) is 9.48 Å². The van der Waals surface area contributed by atoms with E-state index in [0.717, 1.165) is 25.1 Å². The van der Waals surface area contributed by atoms with E-state index in [1.165, 1.54) is 6.42 Å². The molecule has 1 fully saturated rings. The predicted octanol–water partition coefficient (Wildman–Crippen LogP) is 1.61. The molecule has 1 aromatic heterocycles. The third-order valence-corrected chi connectivity index (χ3v) is 3.64. The van der Waals surface area contributed by atoms with Gasteiger partial charge < -0.3 is 9.64 Å². The van der Waals surface area contributed by atoms with Crippen molar-refractivity contribution in [2.24, 2.45) is 0 Å². The number of aromatic nitrogens is 2. The molecule has 2 heterocycles. The molecule has 5 nitrogen and oxygen atoms in total. The first-order valence-corrected chi connectivity index (χ1v) is 7.01. The van der Waals surface area contributed by atoms with Crippen molar-refractivity contribution in [3.63, 3.8) is 0 Å². The summed E-state index contributed by atoms with van der Waals surface area (Å²) >= 11 is 0. The minimum atomic E-state index is 0.157. The van der Waals surface area contributed by atoms with Crippen molar-refractivity contribution in [2.45, 2.75) is 45.3 Å². The Hall–Kier alpha value is -1.36. The van der Waals surface area contributed by atoms with Gasteiger partial charge in [0, 0.05) is 45.1 Å². The average Bonchev–Trinajstić information content (AvgIpc) is 2.82. The second-order valence-corrected chi connectivity index (χ2v) is 5.21. The minimum Gasteiger partial charge on any atom is -0.376 e. The maximum Gasteiger partial charge on any atom is 0.224 e. The summed E-state index contributed by atoms with van der Waals surface area (Å²) in [7, 11) is 1.86. The Balaban J connectivity index is 1.74. The van der Waals surface area contributed by atoms with Gasteiger partial charge in [0.2, 0.25) is 5.91 Å². The van der Waals surface area contributed by atoms with Crippen LogP contribution in [0, 0.1) is 6.92 Å². The van der Waals surface area contributed by atoms with E-state index in [0.29, 0.717) is 19.5 Å². The number of aryl methyl sites for hydroxylation is 2. The van der Waals surface area contributed by atoms with E-state index < -0.39 is 0 Å². The standard InChI is InChI=1S/C14H23N3O2/c1-12-6-8-15-17(12)9-7-14(18)16(2)11-13-5-3-4-10-19-13/h6,8,13H,3-5,7,9-11H2,1-2H3. The molecule has 1 amide bonds. The van der Waals surface area contributed by atoms with Gasteiger partial charge in [-0.2, -0.15) is 5.10 Å². The van der Waals surface area contributed by atoms with Crippen molar-refractivity contribution in [1.82, 2.24) is 14.7 Å². The molecular formula is C14H23N3O2. The fraction of sp³-hybridized carbons (Fsp3) is 0.714. The lowest BCUT2D eigenvalue weighted by Crippen LogP contribution is -2.37. The number of carbonyl (C=O) groups excluding carboxylic acids is 1. The normalized spacial score (nSPS) is 19.4. The first-order valence-electron chi connectivity index (χ1n) is 7.01. The van der Waals surface area contributed by atoms with Gasteiger partial charge in [-0.1, -0.05) is 0 Å². The molecule has 0 aromatic carbocycles. The van der Waals surface area contributed by atoms with Crippen molar-refractivity contribution in [3.05, 3.63) is 18.0 Å². The third-order valence-electron chi connectivity index (χ3n) is 3.64. The quantitative estimate of drug-likeness (QED) is 0.812. The molecule has 1 unspecified atom stereocenters. The van der Waals surface area contributed by atoms with Crippen molar-refractivity contribution in [3.8, 4) is 0 Å². The van der Waals surface area contributed by atoms with E-state index in [2.05, 4.69) is 5.10 Å². The highest BCUT2D eigenvalue weighted by Gasteiger charge is 2.18. The first-order chi connectivity index (χ1) is 9.16. The number of hydrogen-bond donors (Lipinski definition) is 0. The highest BCUT2D eigenvalue weighted by molar-refractivity contribution is 5.75. The molecule has 1 aliphatic rings. The van der Waals surface area contributed by atoms with Crippen LogP contribution in [0.2, 0.25) is 0 Å². The number of ether oxygens (including phenoxy) is 1. The number of hydrogen-bond acceptors (Lipinski definition) is 3. The van der Waals surface area contributed by atoms with Gasteiger partial charge in [-0.05, 0) is 32.3 Å². The van der Waals surface area contributed by atoms with Gasteiger partial charge >= 0.3 is 0 Å². The van der Waals surface area contributed by atoms with Crippen LogP contribution < -0.4 is 0 Å². The average molecular weight is 265 g/mol. The lowest BCUT2D eigenvalue weighted by Gasteiger charge is -2.27. The van der Waals surface area contributed by atoms with Gasteiger partial charge in [-0.25, -0.2) is 0 Å². The van der Waals surface area contributed by atoms with E-state index in [1.54, 1.807) is 11.1 Å². The summed E-state index contributed by atoms with van der Waals surface area (Å²) in [6.07, 6.45) is 5.89. The van der Waals surface area contributed by atoms with Crippen LogP contribution in [0.15, 0.2) is 12.3 Å². The molecular weight excluding hydrogens is 242 g/mol. The Labute approximate surface area is 114 Å². The zero-order valence-electron chi connectivity index (χ0n) is 11.8. The molecule has 1 saturated heterocycles. The molecule has 0 aliphatic carbocycles. The van der Waals surface area contributed by atoms with E-state index in [4.69, 9.17) is 4.74 Å². The van der Waals surface area contributed by atoms with Crippen molar-refractivity contribution >= 4 is 5.91 Å². The number of rotatable bonds is 5. The third kappa shape index (κ3) is 4.06. The lowest BCUT2D eigenvalue weighted by atomic mass is 10.1. The van der Waals surface area contributed by atoms with Gasteiger partial charge in [0.15, 0.2) is 0 Å². The number of amides is 1. The largest absolute Gasteiger partial charge is 0.376 e. The molecule has 5 heteroatoms. The topological polar surface area (TPSA) is 47.4 Å². The second kappa shape index (κ2) is 6.70. The monoisotopic (exact) mass is 265 g/mol. The Morgan fingerprint density at radius 3 is 3.05 bits per heavy atom. The summed E-state index contributed by atoms with van der Waals surface area (Å²) in [5.41, 5.74) is 1.09. The summed E-state index contributed by atoms with van der Waals surface area (Å²) in [6.45, 7) is 4.18. The molecule has 2 rings (SSSR count). The van der Waals surface area contributed by atoms with Crippen molar-refractivity contribution < 1.29 is 9.53 Å². The first kappa shape index (κ1) is 14.1. The van der Waals surface area contributed by atoms with Crippen LogP contribution >= 0.6 is 0 Å². The lowest BCUT2D eigenvalue weighted by molar-refractivity contribution is -0.132.